The van der Waals surface area contributed by atoms with Gasteiger partial charge in [0.05, 0.1) is 14.2 Å². The molecule has 138 valence electrons. The number of carbonyl (C=O) groups is 3. The fourth-order valence-electron chi connectivity index (χ4n) is 1.67. The lowest BCUT2D eigenvalue weighted by Crippen LogP contribution is -2.25. The molecular weight excluding hydrogens is 332 g/mol. The van der Waals surface area contributed by atoms with Crippen molar-refractivity contribution in [1.82, 2.24) is 0 Å². The quantitative estimate of drug-likeness (QED) is 0.539. The first-order valence-electron chi connectivity index (χ1n) is 7.43. The maximum Gasteiger partial charge on any atom is 0.346 e. The topological polar surface area (TPSA) is 97.4 Å². The molecule has 8 nitrogen and oxygen atoms in total. The van der Waals surface area contributed by atoms with Crippen molar-refractivity contribution < 1.29 is 38.1 Å². The molecule has 0 aromatic heterocycles. The third-order valence-electron chi connectivity index (χ3n) is 2.74. The second kappa shape index (κ2) is 8.91. The van der Waals surface area contributed by atoms with Crippen molar-refractivity contribution in [2.75, 3.05) is 27.4 Å². The summed E-state index contributed by atoms with van der Waals surface area (Å²) in [5.41, 5.74) is -0.795. The van der Waals surface area contributed by atoms with Crippen molar-refractivity contribution in [3.8, 4) is 11.5 Å². The van der Waals surface area contributed by atoms with Crippen LogP contribution in [0, 0.1) is 0 Å². The Morgan fingerprint density at radius 1 is 0.880 bits per heavy atom. The molecule has 8 heteroatoms. The zero-order valence-electron chi connectivity index (χ0n) is 14.9. The first kappa shape index (κ1) is 20.3. The summed E-state index contributed by atoms with van der Waals surface area (Å²) >= 11 is 0. The zero-order valence-corrected chi connectivity index (χ0v) is 14.9. The number of carbonyl (C=O) groups excluding carboxylic acids is 3. The van der Waals surface area contributed by atoms with E-state index in [1.807, 2.05) is 0 Å². The van der Waals surface area contributed by atoms with Gasteiger partial charge < -0.3 is 23.7 Å². The van der Waals surface area contributed by atoms with Gasteiger partial charge in [0.1, 0.15) is 22.7 Å². The van der Waals surface area contributed by atoms with E-state index < -0.39 is 36.7 Å². The van der Waals surface area contributed by atoms with Crippen molar-refractivity contribution in [3.63, 3.8) is 0 Å². The Kier molecular flexibility index (Phi) is 7.22. The van der Waals surface area contributed by atoms with E-state index in [9.17, 15) is 14.4 Å². The Balaban J connectivity index is 3.15. The lowest BCUT2D eigenvalue weighted by molar-refractivity contribution is -0.143. The van der Waals surface area contributed by atoms with E-state index in [-0.39, 0.29) is 17.1 Å². The van der Waals surface area contributed by atoms with Gasteiger partial charge in [-0.05, 0) is 32.9 Å². The first-order valence-corrected chi connectivity index (χ1v) is 7.43. The van der Waals surface area contributed by atoms with E-state index in [0.29, 0.717) is 0 Å². The molecule has 0 aliphatic heterocycles. The van der Waals surface area contributed by atoms with Gasteiger partial charge in [0, 0.05) is 0 Å². The number of ether oxygens (including phenoxy) is 5. The number of hydrogen-bond acceptors (Lipinski definition) is 8. The Labute approximate surface area is 145 Å². The van der Waals surface area contributed by atoms with Crippen molar-refractivity contribution in [2.24, 2.45) is 0 Å². The summed E-state index contributed by atoms with van der Waals surface area (Å²) in [6.07, 6.45) is 0. The van der Waals surface area contributed by atoms with E-state index in [1.54, 1.807) is 26.8 Å². The van der Waals surface area contributed by atoms with Crippen LogP contribution >= 0.6 is 0 Å². The average molecular weight is 354 g/mol. The maximum atomic E-state index is 12.5. The zero-order chi connectivity index (χ0) is 19.0. The Bertz CT molecular complexity index is 592. The molecule has 1 rings (SSSR count). The largest absolute Gasteiger partial charge is 0.481 e. The number of methoxy groups -OCH3 is 2. The summed E-state index contributed by atoms with van der Waals surface area (Å²) in [6, 6.07) is 4.51. The van der Waals surface area contributed by atoms with E-state index in [1.165, 1.54) is 26.4 Å². The van der Waals surface area contributed by atoms with Gasteiger partial charge >= 0.3 is 17.9 Å². The van der Waals surface area contributed by atoms with Gasteiger partial charge in [-0.25, -0.2) is 14.4 Å². The van der Waals surface area contributed by atoms with Crippen LogP contribution in [0.5, 0.6) is 11.5 Å². The Morgan fingerprint density at radius 2 is 1.32 bits per heavy atom. The predicted octanol–water partition coefficient (Wildman–Crippen LogP) is 1.75. The molecule has 0 spiro atoms. The minimum atomic E-state index is -0.758. The summed E-state index contributed by atoms with van der Waals surface area (Å²) in [5.74, 6) is -1.80. The molecule has 1 aromatic carbocycles. The summed E-state index contributed by atoms with van der Waals surface area (Å²) < 4.78 is 25.0. The van der Waals surface area contributed by atoms with Crippen LogP contribution in [0.4, 0.5) is 0 Å². The number of hydrogen-bond donors (Lipinski definition) is 0. The highest BCUT2D eigenvalue weighted by Gasteiger charge is 2.26. The highest BCUT2D eigenvalue weighted by atomic mass is 16.6. The molecule has 0 bridgehead atoms. The van der Waals surface area contributed by atoms with Gasteiger partial charge in [-0.3, -0.25) is 0 Å². The molecule has 0 saturated carbocycles. The summed E-state index contributed by atoms with van der Waals surface area (Å²) in [4.78, 5) is 35.1. The van der Waals surface area contributed by atoms with Crippen molar-refractivity contribution in [1.29, 1.82) is 0 Å². The molecule has 0 atom stereocenters. The van der Waals surface area contributed by atoms with Crippen LogP contribution in [-0.2, 0) is 23.8 Å². The standard InChI is InChI=1S/C17H22O8/c1-17(2,3)25-16(20)15-11(23-9-13(18)21-4)7-6-8-12(15)24-10-14(19)22-5/h6-8H,9-10H2,1-5H3. The second-order valence-electron chi connectivity index (χ2n) is 5.86. The van der Waals surface area contributed by atoms with Crippen LogP contribution in [0.2, 0.25) is 0 Å². The molecule has 0 N–H and O–H groups in total. The Morgan fingerprint density at radius 3 is 1.68 bits per heavy atom. The molecule has 0 fully saturated rings. The molecule has 0 unspecified atom stereocenters. The summed E-state index contributed by atoms with van der Waals surface area (Å²) in [5, 5.41) is 0. The maximum absolute atomic E-state index is 12.5. The normalized spacial score (nSPS) is 10.6. The molecule has 0 saturated heterocycles. The van der Waals surface area contributed by atoms with Gasteiger partial charge in [-0.1, -0.05) is 6.07 Å². The molecule has 0 amide bonds. The van der Waals surface area contributed by atoms with Gasteiger partial charge in [0.25, 0.3) is 0 Å². The fraction of sp³-hybridized carbons (Fsp3) is 0.471. The molecule has 0 radical (unpaired) electrons. The van der Waals surface area contributed by atoms with Crippen LogP contribution < -0.4 is 9.47 Å². The molecule has 1 aromatic rings. The van der Waals surface area contributed by atoms with Crippen molar-refractivity contribution in [2.45, 2.75) is 26.4 Å². The minimum Gasteiger partial charge on any atom is -0.481 e. The van der Waals surface area contributed by atoms with Crippen LogP contribution in [0.25, 0.3) is 0 Å². The van der Waals surface area contributed by atoms with Crippen LogP contribution in [-0.4, -0.2) is 50.9 Å². The smallest absolute Gasteiger partial charge is 0.346 e. The lowest BCUT2D eigenvalue weighted by Gasteiger charge is -2.21. The molecule has 25 heavy (non-hydrogen) atoms. The van der Waals surface area contributed by atoms with E-state index >= 15 is 0 Å². The number of rotatable bonds is 7. The van der Waals surface area contributed by atoms with Crippen LogP contribution in [0.1, 0.15) is 31.1 Å². The van der Waals surface area contributed by atoms with Gasteiger partial charge in [-0.15, -0.1) is 0 Å². The van der Waals surface area contributed by atoms with Gasteiger partial charge in [0.15, 0.2) is 13.2 Å². The molecular formula is C17H22O8. The monoisotopic (exact) mass is 354 g/mol. The fourth-order valence-corrected chi connectivity index (χ4v) is 1.67. The van der Waals surface area contributed by atoms with E-state index in [4.69, 9.17) is 14.2 Å². The van der Waals surface area contributed by atoms with E-state index in [0.717, 1.165) is 0 Å². The predicted molar refractivity (Wildman–Crippen MR) is 86.6 cm³/mol. The second-order valence-corrected chi connectivity index (χ2v) is 5.86. The van der Waals surface area contributed by atoms with Crippen LogP contribution in [0.15, 0.2) is 18.2 Å². The van der Waals surface area contributed by atoms with Gasteiger partial charge in [0.2, 0.25) is 0 Å². The average Bonchev–Trinajstić information content (AvgIpc) is 2.55. The van der Waals surface area contributed by atoms with Gasteiger partial charge in [-0.2, -0.15) is 0 Å². The third-order valence-corrected chi connectivity index (χ3v) is 2.74. The summed E-state index contributed by atoms with van der Waals surface area (Å²) in [6.45, 7) is 4.33. The molecule has 0 heterocycles. The molecule has 0 aliphatic rings. The lowest BCUT2D eigenvalue weighted by atomic mass is 10.1. The Hall–Kier alpha value is -2.77. The minimum absolute atomic E-state index is 0.0368. The SMILES string of the molecule is COC(=O)COc1cccc(OCC(=O)OC)c1C(=O)OC(C)(C)C. The highest BCUT2D eigenvalue weighted by molar-refractivity contribution is 5.96. The highest BCUT2D eigenvalue weighted by Crippen LogP contribution is 2.31. The van der Waals surface area contributed by atoms with E-state index in [2.05, 4.69) is 9.47 Å². The van der Waals surface area contributed by atoms with Crippen molar-refractivity contribution in [3.05, 3.63) is 23.8 Å². The van der Waals surface area contributed by atoms with Crippen LogP contribution in [0.3, 0.4) is 0 Å². The third kappa shape index (κ3) is 6.70. The number of benzene rings is 1. The first-order chi connectivity index (χ1) is 11.7. The molecule has 0 aliphatic carbocycles. The van der Waals surface area contributed by atoms with Crippen molar-refractivity contribution >= 4 is 17.9 Å². The summed E-state index contributed by atoms with van der Waals surface area (Å²) in [7, 11) is 2.44. The number of esters is 3.